The summed E-state index contributed by atoms with van der Waals surface area (Å²) in [7, 11) is 0. The molecular weight excluding hydrogens is 452 g/mol. The predicted octanol–water partition coefficient (Wildman–Crippen LogP) is 5.11. The molecule has 0 aromatic carbocycles. The van der Waals surface area contributed by atoms with Crippen molar-refractivity contribution in [1.29, 1.82) is 0 Å². The van der Waals surface area contributed by atoms with E-state index >= 15 is 0 Å². The molecule has 2 heterocycles. The fourth-order valence-electron chi connectivity index (χ4n) is 8.91. The van der Waals surface area contributed by atoms with E-state index in [1.165, 1.54) is 30.6 Å². The molecule has 36 heavy (non-hydrogen) atoms. The molecule has 0 N–H and O–H groups in total. The Morgan fingerprint density at radius 2 is 1.17 bits per heavy atom. The summed E-state index contributed by atoms with van der Waals surface area (Å²) in [6, 6.07) is 0. The van der Waals surface area contributed by atoms with Crippen molar-refractivity contribution in [3.63, 3.8) is 0 Å². The SMILES string of the molecule is CCCC(C)(CC)N1C(=O)C2C3C=CC(C2C1=O)C1C(=O)N(C(CC)(CC)CC2CCCC2)C(=O)C31. The first-order chi connectivity index (χ1) is 17.2. The molecule has 6 heteroatoms. The zero-order valence-electron chi connectivity index (χ0n) is 22.8. The Labute approximate surface area is 216 Å². The van der Waals surface area contributed by atoms with E-state index in [0.29, 0.717) is 12.3 Å². The van der Waals surface area contributed by atoms with Crippen molar-refractivity contribution in [2.24, 2.45) is 41.4 Å². The second-order valence-electron chi connectivity index (χ2n) is 12.6. The van der Waals surface area contributed by atoms with Crippen LogP contribution in [0.1, 0.15) is 98.8 Å². The molecule has 6 nitrogen and oxygen atoms in total. The van der Waals surface area contributed by atoms with Crippen molar-refractivity contribution in [3.8, 4) is 0 Å². The lowest BCUT2D eigenvalue weighted by molar-refractivity contribution is -0.149. The van der Waals surface area contributed by atoms with Crippen LogP contribution in [0.3, 0.4) is 0 Å². The van der Waals surface area contributed by atoms with Crippen molar-refractivity contribution >= 4 is 23.6 Å². The Morgan fingerprint density at radius 1 is 0.722 bits per heavy atom. The molecule has 7 atom stereocenters. The number of amides is 4. The molecule has 0 spiro atoms. The first-order valence-corrected chi connectivity index (χ1v) is 14.6. The van der Waals surface area contributed by atoms with Crippen LogP contribution < -0.4 is 0 Å². The fourth-order valence-corrected chi connectivity index (χ4v) is 8.91. The molecule has 6 aliphatic rings. The van der Waals surface area contributed by atoms with E-state index in [1.54, 1.807) is 4.90 Å². The highest BCUT2D eigenvalue weighted by Crippen LogP contribution is 2.60. The van der Waals surface area contributed by atoms with E-state index in [-0.39, 0.29) is 35.5 Å². The highest BCUT2D eigenvalue weighted by molar-refractivity contribution is 6.11. The number of likely N-dealkylation sites (tertiary alicyclic amines) is 2. The fraction of sp³-hybridized carbons (Fsp3) is 0.800. The molecule has 0 aromatic heterocycles. The van der Waals surface area contributed by atoms with Gasteiger partial charge in [-0.15, -0.1) is 0 Å². The molecule has 2 aliphatic heterocycles. The summed E-state index contributed by atoms with van der Waals surface area (Å²) in [4.78, 5) is 59.3. The average Bonchev–Trinajstić information content (AvgIpc) is 3.56. The number of hydrogen-bond donors (Lipinski definition) is 0. The first-order valence-electron chi connectivity index (χ1n) is 14.6. The van der Waals surface area contributed by atoms with Crippen LogP contribution in [0.4, 0.5) is 0 Å². The number of carbonyl (C=O) groups is 4. The van der Waals surface area contributed by atoms with Crippen LogP contribution in [-0.4, -0.2) is 44.5 Å². The summed E-state index contributed by atoms with van der Waals surface area (Å²) in [5.41, 5.74) is -0.979. The largest absolute Gasteiger partial charge is 0.276 e. The van der Waals surface area contributed by atoms with Gasteiger partial charge in [0.05, 0.1) is 29.2 Å². The van der Waals surface area contributed by atoms with Gasteiger partial charge in [-0.2, -0.15) is 0 Å². The van der Waals surface area contributed by atoms with Crippen molar-refractivity contribution < 1.29 is 19.2 Å². The van der Waals surface area contributed by atoms with E-state index < -0.39 is 34.7 Å². The van der Waals surface area contributed by atoms with Gasteiger partial charge >= 0.3 is 0 Å². The van der Waals surface area contributed by atoms with Gasteiger partial charge in [-0.25, -0.2) is 0 Å². The molecule has 0 aromatic rings. The average molecular weight is 497 g/mol. The molecule has 2 bridgehead atoms. The van der Waals surface area contributed by atoms with Gasteiger partial charge < -0.3 is 0 Å². The van der Waals surface area contributed by atoms with E-state index in [9.17, 15) is 19.2 Å². The topological polar surface area (TPSA) is 74.8 Å². The maximum absolute atomic E-state index is 14.2. The van der Waals surface area contributed by atoms with Crippen molar-refractivity contribution in [2.45, 2.75) is 110 Å². The standard InChI is InChI=1S/C30H44N2O4/c1-6-16-29(5,7-2)31-25(33)21-19-14-15-20(22(21)26(31)34)24-23(19)27(35)32(28(24)36)30(8-3,9-4)17-18-12-10-11-13-18/h14-15,18-24H,6-13,16-17H2,1-5H3. The van der Waals surface area contributed by atoms with Gasteiger partial charge in [0, 0.05) is 17.4 Å². The molecule has 198 valence electrons. The van der Waals surface area contributed by atoms with E-state index in [4.69, 9.17) is 0 Å². The van der Waals surface area contributed by atoms with Crippen LogP contribution in [0.5, 0.6) is 0 Å². The van der Waals surface area contributed by atoms with Gasteiger partial charge in [0.2, 0.25) is 23.6 Å². The third kappa shape index (κ3) is 3.34. The van der Waals surface area contributed by atoms with Crippen molar-refractivity contribution in [2.75, 3.05) is 0 Å². The van der Waals surface area contributed by atoms with E-state index in [1.807, 2.05) is 26.0 Å². The maximum Gasteiger partial charge on any atom is 0.234 e. The van der Waals surface area contributed by atoms with Crippen LogP contribution in [0.2, 0.25) is 0 Å². The Kier molecular flexibility index (Phi) is 6.48. The predicted molar refractivity (Wildman–Crippen MR) is 137 cm³/mol. The summed E-state index contributed by atoms with van der Waals surface area (Å²) in [5, 5.41) is 0. The minimum atomic E-state index is -0.518. The van der Waals surface area contributed by atoms with Gasteiger partial charge in [-0.3, -0.25) is 29.0 Å². The highest BCUT2D eigenvalue weighted by atomic mass is 16.2. The number of carbonyl (C=O) groups excluding carboxylic acids is 4. The lowest BCUT2D eigenvalue weighted by atomic mass is 9.54. The van der Waals surface area contributed by atoms with Gasteiger partial charge in [0.25, 0.3) is 0 Å². The molecule has 7 unspecified atom stereocenters. The Balaban J connectivity index is 1.50. The van der Waals surface area contributed by atoms with Gasteiger partial charge in [0.1, 0.15) is 0 Å². The van der Waals surface area contributed by atoms with Crippen molar-refractivity contribution in [1.82, 2.24) is 9.80 Å². The summed E-state index contributed by atoms with van der Waals surface area (Å²) >= 11 is 0. The third-order valence-corrected chi connectivity index (χ3v) is 11.0. The Morgan fingerprint density at radius 3 is 1.56 bits per heavy atom. The summed E-state index contributed by atoms with van der Waals surface area (Å²) in [5.74, 6) is -2.64. The number of hydrogen-bond acceptors (Lipinski definition) is 4. The quantitative estimate of drug-likeness (QED) is 0.328. The van der Waals surface area contributed by atoms with Crippen molar-refractivity contribution in [3.05, 3.63) is 12.2 Å². The minimum Gasteiger partial charge on any atom is -0.276 e. The zero-order chi connectivity index (χ0) is 26.0. The van der Waals surface area contributed by atoms with Crippen LogP contribution in [0.25, 0.3) is 0 Å². The van der Waals surface area contributed by atoms with Gasteiger partial charge in [0.15, 0.2) is 0 Å². The summed E-state index contributed by atoms with van der Waals surface area (Å²) in [6.07, 6.45) is 13.5. The Bertz CT molecular complexity index is 927. The molecule has 4 aliphatic carbocycles. The first kappa shape index (κ1) is 25.7. The van der Waals surface area contributed by atoms with Gasteiger partial charge in [-0.05, 0) is 44.9 Å². The zero-order valence-corrected chi connectivity index (χ0v) is 22.8. The molecule has 4 fully saturated rings. The smallest absolute Gasteiger partial charge is 0.234 e. The highest BCUT2D eigenvalue weighted by Gasteiger charge is 2.70. The molecular formula is C30H44N2O4. The summed E-state index contributed by atoms with van der Waals surface area (Å²) in [6.45, 7) is 10.3. The van der Waals surface area contributed by atoms with E-state index in [2.05, 4.69) is 20.8 Å². The second-order valence-corrected chi connectivity index (χ2v) is 12.6. The molecule has 6 rings (SSSR count). The van der Waals surface area contributed by atoms with Crippen LogP contribution in [0.15, 0.2) is 12.2 Å². The third-order valence-electron chi connectivity index (χ3n) is 11.0. The summed E-state index contributed by atoms with van der Waals surface area (Å²) < 4.78 is 0. The van der Waals surface area contributed by atoms with Crippen LogP contribution >= 0.6 is 0 Å². The van der Waals surface area contributed by atoms with Gasteiger partial charge in [-0.1, -0.05) is 72.0 Å². The molecule has 2 saturated heterocycles. The lowest BCUT2D eigenvalue weighted by Crippen LogP contribution is -2.53. The second kappa shape index (κ2) is 9.09. The number of allylic oxidation sites excluding steroid dienone is 2. The lowest BCUT2D eigenvalue weighted by Gasteiger charge is -2.44. The Hall–Kier alpha value is -1.98. The molecule has 0 radical (unpaired) electrons. The molecule has 2 saturated carbocycles. The minimum absolute atomic E-state index is 0.0880. The normalized spacial score (nSPS) is 35.7. The maximum atomic E-state index is 14.2. The van der Waals surface area contributed by atoms with E-state index in [0.717, 1.165) is 32.1 Å². The monoisotopic (exact) mass is 496 g/mol. The number of nitrogens with zero attached hydrogens (tertiary/aromatic N) is 2. The molecule has 4 amide bonds. The van der Waals surface area contributed by atoms with Crippen LogP contribution in [-0.2, 0) is 19.2 Å². The number of imide groups is 2. The van der Waals surface area contributed by atoms with Crippen LogP contribution in [0, 0.1) is 41.4 Å². The number of rotatable bonds is 9.